The predicted molar refractivity (Wildman–Crippen MR) is 89.5 cm³/mol. The van der Waals surface area contributed by atoms with Crippen LogP contribution in [0.1, 0.15) is 23.2 Å². The SMILES string of the molecule is Cl.Cn1c(=O)cc(C(=O)NCC(N)C2CC2)c2ccccc21. The number of rotatable bonds is 4. The summed E-state index contributed by atoms with van der Waals surface area (Å²) in [4.78, 5) is 24.3. The van der Waals surface area contributed by atoms with E-state index in [4.69, 9.17) is 5.73 Å². The first-order valence-corrected chi connectivity index (χ1v) is 7.20. The van der Waals surface area contributed by atoms with Crippen molar-refractivity contribution >= 4 is 29.2 Å². The monoisotopic (exact) mass is 321 g/mol. The molecule has 118 valence electrons. The fourth-order valence-electron chi connectivity index (χ4n) is 2.60. The lowest BCUT2D eigenvalue weighted by molar-refractivity contribution is 0.0951. The Labute approximate surface area is 134 Å². The molecule has 5 nitrogen and oxygen atoms in total. The molecule has 3 N–H and O–H groups in total. The van der Waals surface area contributed by atoms with Gasteiger partial charge in [0.05, 0.1) is 11.1 Å². The van der Waals surface area contributed by atoms with Crippen molar-refractivity contribution in [2.24, 2.45) is 18.7 Å². The molecule has 0 saturated heterocycles. The van der Waals surface area contributed by atoms with Crippen molar-refractivity contribution in [2.45, 2.75) is 18.9 Å². The van der Waals surface area contributed by atoms with Crippen LogP contribution in [0.3, 0.4) is 0 Å². The zero-order chi connectivity index (χ0) is 15.0. The third kappa shape index (κ3) is 3.15. The molecule has 1 heterocycles. The molecule has 0 radical (unpaired) electrons. The Bertz CT molecular complexity index is 753. The summed E-state index contributed by atoms with van der Waals surface area (Å²) in [5.41, 5.74) is 6.97. The smallest absolute Gasteiger partial charge is 0.252 e. The fourth-order valence-corrected chi connectivity index (χ4v) is 2.60. The quantitative estimate of drug-likeness (QED) is 0.894. The lowest BCUT2D eigenvalue weighted by atomic mass is 10.1. The van der Waals surface area contributed by atoms with Crippen LogP contribution in [-0.2, 0) is 7.05 Å². The number of aromatic nitrogens is 1. The van der Waals surface area contributed by atoms with Crippen LogP contribution in [0.2, 0.25) is 0 Å². The van der Waals surface area contributed by atoms with E-state index in [9.17, 15) is 9.59 Å². The number of amides is 1. The van der Waals surface area contributed by atoms with E-state index in [-0.39, 0.29) is 29.9 Å². The molecule has 1 aliphatic carbocycles. The molecule has 1 fully saturated rings. The average molecular weight is 322 g/mol. The maximum Gasteiger partial charge on any atom is 0.252 e. The molecule has 6 heteroatoms. The van der Waals surface area contributed by atoms with Crippen molar-refractivity contribution in [3.05, 3.63) is 46.2 Å². The highest BCUT2D eigenvalue weighted by molar-refractivity contribution is 6.06. The summed E-state index contributed by atoms with van der Waals surface area (Å²) in [5, 5.41) is 3.62. The lowest BCUT2D eigenvalue weighted by Gasteiger charge is -2.13. The zero-order valence-corrected chi connectivity index (χ0v) is 13.2. The zero-order valence-electron chi connectivity index (χ0n) is 12.4. The van der Waals surface area contributed by atoms with Crippen LogP contribution in [0.5, 0.6) is 0 Å². The predicted octanol–water partition coefficient (Wildman–Crippen LogP) is 1.43. The van der Waals surface area contributed by atoms with Gasteiger partial charge in [0.1, 0.15) is 0 Å². The summed E-state index contributed by atoms with van der Waals surface area (Å²) in [6.45, 7) is 0.451. The van der Waals surface area contributed by atoms with Crippen molar-refractivity contribution in [3.8, 4) is 0 Å². The summed E-state index contributed by atoms with van der Waals surface area (Å²) in [6, 6.07) is 8.80. The Morgan fingerprint density at radius 2 is 2.09 bits per heavy atom. The second kappa shape index (κ2) is 6.50. The van der Waals surface area contributed by atoms with Crippen LogP contribution in [0.4, 0.5) is 0 Å². The number of hydrogen-bond acceptors (Lipinski definition) is 3. The number of nitrogens with one attached hydrogen (secondary N) is 1. The van der Waals surface area contributed by atoms with Gasteiger partial charge < -0.3 is 15.6 Å². The summed E-state index contributed by atoms with van der Waals surface area (Å²) in [5.74, 6) is 0.297. The highest BCUT2D eigenvalue weighted by Crippen LogP contribution is 2.31. The van der Waals surface area contributed by atoms with E-state index in [1.807, 2.05) is 24.3 Å². The molecule has 3 rings (SSSR count). The molecule has 1 unspecified atom stereocenters. The average Bonchev–Trinajstić information content (AvgIpc) is 3.33. The van der Waals surface area contributed by atoms with Gasteiger partial charge in [-0.05, 0) is 24.8 Å². The molecule has 0 bridgehead atoms. The van der Waals surface area contributed by atoms with Crippen molar-refractivity contribution in [3.63, 3.8) is 0 Å². The first-order chi connectivity index (χ1) is 10.1. The topological polar surface area (TPSA) is 77.1 Å². The van der Waals surface area contributed by atoms with Gasteiger partial charge in [-0.3, -0.25) is 9.59 Å². The molecule has 1 aliphatic rings. The van der Waals surface area contributed by atoms with E-state index in [2.05, 4.69) is 5.32 Å². The number of para-hydroxylation sites is 1. The molecule has 0 spiro atoms. The van der Waals surface area contributed by atoms with Crippen molar-refractivity contribution < 1.29 is 4.79 Å². The van der Waals surface area contributed by atoms with Gasteiger partial charge in [0.2, 0.25) is 0 Å². The van der Waals surface area contributed by atoms with E-state index in [0.717, 1.165) is 23.7 Å². The van der Waals surface area contributed by atoms with Crippen molar-refractivity contribution in [2.75, 3.05) is 6.54 Å². The van der Waals surface area contributed by atoms with Gasteiger partial charge >= 0.3 is 0 Å². The van der Waals surface area contributed by atoms with E-state index in [1.165, 1.54) is 6.07 Å². The van der Waals surface area contributed by atoms with Gasteiger partial charge in [0.15, 0.2) is 0 Å². The van der Waals surface area contributed by atoms with Gasteiger partial charge in [-0.2, -0.15) is 0 Å². The summed E-state index contributed by atoms with van der Waals surface area (Å²) in [7, 11) is 1.70. The molecular formula is C16H20ClN3O2. The summed E-state index contributed by atoms with van der Waals surface area (Å²) >= 11 is 0. The molecule has 0 aliphatic heterocycles. The van der Waals surface area contributed by atoms with E-state index in [0.29, 0.717) is 18.0 Å². The van der Waals surface area contributed by atoms with Crippen LogP contribution < -0.4 is 16.6 Å². The Kier molecular flexibility index (Phi) is 4.88. The Morgan fingerprint density at radius 1 is 1.41 bits per heavy atom. The number of aryl methyl sites for hydroxylation is 1. The second-order valence-electron chi connectivity index (χ2n) is 5.68. The van der Waals surface area contributed by atoms with Gasteiger partial charge in [0, 0.05) is 31.1 Å². The van der Waals surface area contributed by atoms with E-state index in [1.54, 1.807) is 11.6 Å². The molecule has 22 heavy (non-hydrogen) atoms. The number of carbonyl (C=O) groups is 1. The fraction of sp³-hybridized carbons (Fsp3) is 0.375. The number of nitrogens with zero attached hydrogens (tertiary/aromatic N) is 1. The third-order valence-corrected chi connectivity index (χ3v) is 4.12. The Hall–Kier alpha value is -1.85. The number of benzene rings is 1. The largest absolute Gasteiger partial charge is 0.350 e. The molecule has 1 amide bonds. The number of halogens is 1. The van der Waals surface area contributed by atoms with Crippen LogP contribution in [0.25, 0.3) is 10.9 Å². The molecular weight excluding hydrogens is 302 g/mol. The lowest BCUT2D eigenvalue weighted by Crippen LogP contribution is -2.39. The maximum atomic E-state index is 12.4. The van der Waals surface area contributed by atoms with Gasteiger partial charge in [-0.25, -0.2) is 0 Å². The summed E-state index contributed by atoms with van der Waals surface area (Å²) in [6.07, 6.45) is 2.29. The van der Waals surface area contributed by atoms with Crippen molar-refractivity contribution in [1.29, 1.82) is 0 Å². The van der Waals surface area contributed by atoms with Crippen LogP contribution in [-0.4, -0.2) is 23.1 Å². The Balaban J connectivity index is 0.00000176. The van der Waals surface area contributed by atoms with Crippen LogP contribution in [0, 0.1) is 5.92 Å². The van der Waals surface area contributed by atoms with E-state index < -0.39 is 0 Å². The Morgan fingerprint density at radius 3 is 2.77 bits per heavy atom. The first-order valence-electron chi connectivity index (χ1n) is 7.20. The minimum atomic E-state index is -0.236. The summed E-state index contributed by atoms with van der Waals surface area (Å²) < 4.78 is 1.54. The number of hydrogen-bond donors (Lipinski definition) is 2. The van der Waals surface area contributed by atoms with Crippen LogP contribution >= 0.6 is 12.4 Å². The number of pyridine rings is 1. The van der Waals surface area contributed by atoms with E-state index >= 15 is 0 Å². The molecule has 2 aromatic rings. The normalized spacial score (nSPS) is 15.2. The number of nitrogens with two attached hydrogens (primary N) is 1. The number of carbonyl (C=O) groups excluding carboxylic acids is 1. The molecule has 1 aromatic carbocycles. The maximum absolute atomic E-state index is 12.4. The highest BCUT2D eigenvalue weighted by atomic mass is 35.5. The first kappa shape index (κ1) is 16.5. The van der Waals surface area contributed by atoms with Gasteiger partial charge in [-0.15, -0.1) is 12.4 Å². The highest BCUT2D eigenvalue weighted by Gasteiger charge is 2.28. The van der Waals surface area contributed by atoms with Gasteiger partial charge in [-0.1, -0.05) is 18.2 Å². The second-order valence-corrected chi connectivity index (χ2v) is 5.68. The molecule has 1 atom stereocenters. The molecule has 1 saturated carbocycles. The minimum absolute atomic E-state index is 0. The standard InChI is InChI=1S/C16H19N3O2.ClH/c1-19-14-5-3-2-4-11(14)12(8-15(19)20)16(21)18-9-13(17)10-6-7-10;/h2-5,8,10,13H,6-7,9,17H2,1H3,(H,18,21);1H. The van der Waals surface area contributed by atoms with Gasteiger partial charge in [0.25, 0.3) is 11.5 Å². The minimum Gasteiger partial charge on any atom is -0.350 e. The number of fused-ring (bicyclic) bond motifs is 1. The van der Waals surface area contributed by atoms with Crippen molar-refractivity contribution in [1.82, 2.24) is 9.88 Å². The molecule has 1 aromatic heterocycles. The third-order valence-electron chi connectivity index (χ3n) is 4.12. The van der Waals surface area contributed by atoms with Crippen LogP contribution in [0.15, 0.2) is 35.1 Å².